The van der Waals surface area contributed by atoms with Gasteiger partial charge in [-0.05, 0) is 42.3 Å². The van der Waals surface area contributed by atoms with Gasteiger partial charge in [0.1, 0.15) is 0 Å². The van der Waals surface area contributed by atoms with Gasteiger partial charge in [0.05, 0.1) is 5.56 Å². The third-order valence-corrected chi connectivity index (χ3v) is 6.25. The molecule has 2 aromatic rings. The second-order valence-electron chi connectivity index (χ2n) is 7.15. The number of hydrogen-bond donors (Lipinski definition) is 2. The van der Waals surface area contributed by atoms with Gasteiger partial charge in [0.25, 0.3) is 0 Å². The van der Waals surface area contributed by atoms with Crippen LogP contribution in [-0.4, -0.2) is 39.3 Å². The van der Waals surface area contributed by atoms with Crippen LogP contribution < -0.4 is 10.6 Å². The Morgan fingerprint density at radius 2 is 1.97 bits per heavy atom. The Bertz CT molecular complexity index is 800. The average Bonchev–Trinajstić information content (AvgIpc) is 3.24. The third kappa shape index (κ3) is 5.73. The lowest BCUT2D eigenvalue weighted by atomic mass is 9.73. The molecule has 29 heavy (non-hydrogen) atoms. The summed E-state index contributed by atoms with van der Waals surface area (Å²) in [6.07, 6.45) is -2.14. The summed E-state index contributed by atoms with van der Waals surface area (Å²) in [6, 6.07) is 9.79. The van der Waals surface area contributed by atoms with Crippen LogP contribution in [0.4, 0.5) is 13.2 Å². The third-order valence-electron chi connectivity index (χ3n) is 5.31. The number of halogens is 3. The largest absolute Gasteiger partial charge is 0.416 e. The number of ether oxygens (including phenoxy) is 1. The monoisotopic (exact) mass is 425 g/mol. The van der Waals surface area contributed by atoms with Crippen molar-refractivity contribution in [1.29, 1.82) is 0 Å². The summed E-state index contributed by atoms with van der Waals surface area (Å²) >= 11 is 1.71. The lowest BCUT2D eigenvalue weighted by Crippen LogP contribution is -2.48. The van der Waals surface area contributed by atoms with Crippen LogP contribution in [0.2, 0.25) is 0 Å². The molecule has 1 aliphatic rings. The highest BCUT2D eigenvalue weighted by Gasteiger charge is 2.37. The highest BCUT2D eigenvalue weighted by molar-refractivity contribution is 7.09. The fraction of sp³-hybridized carbons (Fsp3) is 0.476. The van der Waals surface area contributed by atoms with E-state index >= 15 is 0 Å². The average molecular weight is 426 g/mol. The fourth-order valence-electron chi connectivity index (χ4n) is 3.59. The minimum atomic E-state index is -4.35. The van der Waals surface area contributed by atoms with E-state index in [1.54, 1.807) is 24.5 Å². The molecule has 0 radical (unpaired) electrons. The molecule has 0 amide bonds. The number of hydrogen-bond acceptors (Lipinski definition) is 3. The van der Waals surface area contributed by atoms with Crippen molar-refractivity contribution in [2.45, 2.75) is 30.9 Å². The van der Waals surface area contributed by atoms with Crippen molar-refractivity contribution in [2.24, 2.45) is 4.99 Å². The zero-order valence-electron chi connectivity index (χ0n) is 16.4. The summed E-state index contributed by atoms with van der Waals surface area (Å²) in [6.45, 7) is 2.29. The van der Waals surface area contributed by atoms with Gasteiger partial charge in [0.15, 0.2) is 5.96 Å². The molecule has 0 spiro atoms. The van der Waals surface area contributed by atoms with Crippen molar-refractivity contribution in [3.8, 4) is 0 Å². The van der Waals surface area contributed by atoms with Crippen LogP contribution in [0.25, 0.3) is 0 Å². The first-order chi connectivity index (χ1) is 13.9. The fourth-order valence-corrected chi connectivity index (χ4v) is 4.30. The van der Waals surface area contributed by atoms with E-state index < -0.39 is 17.2 Å². The molecule has 2 heterocycles. The molecular weight excluding hydrogens is 399 g/mol. The van der Waals surface area contributed by atoms with Crippen LogP contribution in [-0.2, 0) is 22.7 Å². The molecule has 2 N–H and O–H groups in total. The van der Waals surface area contributed by atoms with Crippen molar-refractivity contribution in [3.05, 3.63) is 57.8 Å². The Morgan fingerprint density at radius 1 is 1.17 bits per heavy atom. The summed E-state index contributed by atoms with van der Waals surface area (Å²) in [5, 5.41) is 8.66. The number of alkyl halides is 3. The first-order valence-corrected chi connectivity index (χ1v) is 10.5. The molecular formula is C21H26F3N3OS. The standard InChI is InChI=1S/C21H26F3N3OS/c1-25-19(26-10-7-18-6-3-13-29-18)27-15-20(8-11-28-12-9-20)16-4-2-5-17(14-16)21(22,23)24/h2-6,13-14H,7-12,15H2,1H3,(H2,25,26,27). The van der Waals surface area contributed by atoms with Gasteiger partial charge < -0.3 is 15.4 Å². The van der Waals surface area contributed by atoms with Gasteiger partial charge in [-0.1, -0.05) is 24.3 Å². The maximum atomic E-state index is 13.2. The number of aliphatic imine (C=N–C) groups is 1. The smallest absolute Gasteiger partial charge is 0.381 e. The number of nitrogens with zero attached hydrogens (tertiary/aromatic N) is 1. The molecule has 1 fully saturated rings. The van der Waals surface area contributed by atoms with E-state index in [1.165, 1.54) is 17.0 Å². The van der Waals surface area contributed by atoms with E-state index in [2.05, 4.69) is 21.7 Å². The predicted molar refractivity (Wildman–Crippen MR) is 111 cm³/mol. The lowest BCUT2D eigenvalue weighted by molar-refractivity contribution is -0.137. The quantitative estimate of drug-likeness (QED) is 0.538. The molecule has 4 nitrogen and oxygen atoms in total. The summed E-state index contributed by atoms with van der Waals surface area (Å²) in [7, 11) is 1.70. The number of nitrogens with one attached hydrogen (secondary N) is 2. The normalized spacial score (nSPS) is 17.2. The van der Waals surface area contributed by atoms with E-state index in [1.807, 2.05) is 11.4 Å². The van der Waals surface area contributed by atoms with E-state index in [0.29, 0.717) is 44.1 Å². The molecule has 8 heteroatoms. The van der Waals surface area contributed by atoms with Crippen molar-refractivity contribution < 1.29 is 17.9 Å². The van der Waals surface area contributed by atoms with E-state index in [0.717, 1.165) is 19.0 Å². The Kier molecular flexibility index (Phi) is 7.18. The highest BCUT2D eigenvalue weighted by atomic mass is 32.1. The van der Waals surface area contributed by atoms with Gasteiger partial charge in [-0.2, -0.15) is 13.2 Å². The molecule has 1 aromatic heterocycles. The zero-order valence-corrected chi connectivity index (χ0v) is 17.2. The first kappa shape index (κ1) is 21.6. The molecule has 0 bridgehead atoms. The minimum Gasteiger partial charge on any atom is -0.381 e. The van der Waals surface area contributed by atoms with Gasteiger partial charge in [-0.15, -0.1) is 11.3 Å². The molecule has 3 rings (SSSR count). The SMILES string of the molecule is CN=C(NCCc1cccs1)NCC1(c2cccc(C(F)(F)F)c2)CCOCC1. The van der Waals surface area contributed by atoms with E-state index in [-0.39, 0.29) is 0 Å². The maximum absolute atomic E-state index is 13.2. The van der Waals surface area contributed by atoms with Crippen LogP contribution in [0.1, 0.15) is 28.8 Å². The van der Waals surface area contributed by atoms with Gasteiger partial charge in [0, 0.05) is 43.6 Å². The van der Waals surface area contributed by atoms with Crippen molar-refractivity contribution in [2.75, 3.05) is 33.4 Å². The topological polar surface area (TPSA) is 45.7 Å². The predicted octanol–water partition coefficient (Wildman–Crippen LogP) is 4.22. The van der Waals surface area contributed by atoms with Crippen LogP contribution in [0, 0.1) is 0 Å². The molecule has 158 valence electrons. The molecule has 1 saturated heterocycles. The minimum absolute atomic E-state index is 0.426. The zero-order chi connectivity index (χ0) is 20.7. The van der Waals surface area contributed by atoms with Crippen LogP contribution in [0.15, 0.2) is 46.8 Å². The second kappa shape index (κ2) is 9.63. The van der Waals surface area contributed by atoms with E-state index in [9.17, 15) is 13.2 Å². The second-order valence-corrected chi connectivity index (χ2v) is 8.19. The van der Waals surface area contributed by atoms with Crippen LogP contribution >= 0.6 is 11.3 Å². The number of rotatable bonds is 6. The lowest BCUT2D eigenvalue weighted by Gasteiger charge is -2.38. The molecule has 0 atom stereocenters. The van der Waals surface area contributed by atoms with Gasteiger partial charge in [-0.25, -0.2) is 0 Å². The summed E-state index contributed by atoms with van der Waals surface area (Å²) in [5.41, 5.74) is -0.346. The highest BCUT2D eigenvalue weighted by Crippen LogP contribution is 2.37. The summed E-state index contributed by atoms with van der Waals surface area (Å²) in [4.78, 5) is 5.55. The molecule has 1 aromatic carbocycles. The van der Waals surface area contributed by atoms with Crippen molar-refractivity contribution in [3.63, 3.8) is 0 Å². The van der Waals surface area contributed by atoms with Crippen molar-refractivity contribution >= 4 is 17.3 Å². The summed E-state index contributed by atoms with van der Waals surface area (Å²) in [5.74, 6) is 0.652. The molecule has 0 aliphatic carbocycles. The Hall–Kier alpha value is -2.06. The Balaban J connectivity index is 1.68. The Labute approximate surface area is 173 Å². The van der Waals surface area contributed by atoms with Crippen molar-refractivity contribution in [1.82, 2.24) is 10.6 Å². The number of benzene rings is 1. The Morgan fingerprint density at radius 3 is 2.62 bits per heavy atom. The van der Waals surface area contributed by atoms with Gasteiger partial charge >= 0.3 is 6.18 Å². The molecule has 0 unspecified atom stereocenters. The molecule has 1 aliphatic heterocycles. The van der Waals surface area contributed by atoms with E-state index in [4.69, 9.17) is 4.74 Å². The first-order valence-electron chi connectivity index (χ1n) is 9.65. The number of guanidine groups is 1. The molecule has 0 saturated carbocycles. The van der Waals surface area contributed by atoms with Gasteiger partial charge in [-0.3, -0.25) is 4.99 Å². The van der Waals surface area contributed by atoms with Gasteiger partial charge in [0.2, 0.25) is 0 Å². The summed E-state index contributed by atoms with van der Waals surface area (Å²) < 4.78 is 45.1. The number of thiophene rings is 1. The van der Waals surface area contributed by atoms with Crippen LogP contribution in [0.3, 0.4) is 0 Å². The van der Waals surface area contributed by atoms with Crippen LogP contribution in [0.5, 0.6) is 0 Å². The maximum Gasteiger partial charge on any atom is 0.416 e.